The largest absolute Gasteiger partial charge is 0.497 e. The molecule has 5 heteroatoms. The Morgan fingerprint density at radius 1 is 0.923 bits per heavy atom. The molecule has 0 atom stereocenters. The van der Waals surface area contributed by atoms with Crippen molar-refractivity contribution >= 4 is 27.1 Å². The Balaban J connectivity index is 2.02. The number of nitrogens with zero attached hydrogens (tertiary/aromatic N) is 1. The molecular formula is C21H15NO3S. The van der Waals surface area contributed by atoms with Crippen molar-refractivity contribution in [1.82, 2.24) is 0 Å². The summed E-state index contributed by atoms with van der Waals surface area (Å²) in [6.45, 7) is 0. The van der Waals surface area contributed by atoms with Crippen molar-refractivity contribution in [3.63, 3.8) is 0 Å². The molecule has 0 amide bonds. The highest BCUT2D eigenvalue weighted by atomic mass is 32.1. The summed E-state index contributed by atoms with van der Waals surface area (Å²) >= 11 is 1.65. The summed E-state index contributed by atoms with van der Waals surface area (Å²) < 4.78 is 6.28. The van der Waals surface area contributed by atoms with Gasteiger partial charge in [-0.25, -0.2) is 0 Å². The van der Waals surface area contributed by atoms with Gasteiger partial charge in [0.1, 0.15) is 5.75 Å². The first-order chi connectivity index (χ1) is 12.7. The van der Waals surface area contributed by atoms with E-state index in [1.807, 2.05) is 48.5 Å². The van der Waals surface area contributed by atoms with Crippen molar-refractivity contribution in [2.75, 3.05) is 7.11 Å². The van der Waals surface area contributed by atoms with Crippen molar-refractivity contribution in [2.24, 2.45) is 0 Å². The predicted octanol–water partition coefficient (Wildman–Crippen LogP) is 6.15. The van der Waals surface area contributed by atoms with Crippen LogP contribution >= 0.6 is 11.3 Å². The SMILES string of the molecule is COc1ccc(-c2c(-c3ccccc3)sc3ccc([N+](=O)[O-])cc23)cc1. The second-order valence-electron chi connectivity index (χ2n) is 5.84. The first-order valence-electron chi connectivity index (χ1n) is 8.08. The highest BCUT2D eigenvalue weighted by Gasteiger charge is 2.18. The molecule has 26 heavy (non-hydrogen) atoms. The van der Waals surface area contributed by atoms with Gasteiger partial charge in [-0.3, -0.25) is 10.1 Å². The molecule has 4 aromatic rings. The number of hydrogen-bond acceptors (Lipinski definition) is 4. The van der Waals surface area contributed by atoms with Gasteiger partial charge in [0.25, 0.3) is 5.69 Å². The summed E-state index contributed by atoms with van der Waals surface area (Å²) in [6, 6.07) is 23.0. The molecule has 0 spiro atoms. The van der Waals surface area contributed by atoms with Crippen LogP contribution in [0, 0.1) is 10.1 Å². The third-order valence-electron chi connectivity index (χ3n) is 4.30. The molecule has 0 unspecified atom stereocenters. The maximum absolute atomic E-state index is 11.2. The first-order valence-corrected chi connectivity index (χ1v) is 8.90. The minimum atomic E-state index is -0.350. The summed E-state index contributed by atoms with van der Waals surface area (Å²) in [5, 5.41) is 12.1. The lowest BCUT2D eigenvalue weighted by molar-refractivity contribution is -0.384. The second kappa shape index (κ2) is 6.61. The van der Waals surface area contributed by atoms with Gasteiger partial charge in [0, 0.05) is 32.7 Å². The highest BCUT2D eigenvalue weighted by Crippen LogP contribution is 2.45. The van der Waals surface area contributed by atoms with Gasteiger partial charge >= 0.3 is 0 Å². The number of nitro groups is 1. The summed E-state index contributed by atoms with van der Waals surface area (Å²) in [6.07, 6.45) is 0. The van der Waals surface area contributed by atoms with Crippen LogP contribution in [0.4, 0.5) is 5.69 Å². The van der Waals surface area contributed by atoms with E-state index < -0.39 is 0 Å². The van der Waals surface area contributed by atoms with E-state index in [1.165, 1.54) is 0 Å². The zero-order chi connectivity index (χ0) is 18.1. The minimum absolute atomic E-state index is 0.102. The topological polar surface area (TPSA) is 52.4 Å². The molecule has 1 aromatic heterocycles. The molecule has 0 fully saturated rings. The third-order valence-corrected chi connectivity index (χ3v) is 5.52. The molecule has 0 aliphatic heterocycles. The molecular weight excluding hydrogens is 346 g/mol. The van der Waals surface area contributed by atoms with E-state index >= 15 is 0 Å². The average molecular weight is 361 g/mol. The fraction of sp³-hybridized carbons (Fsp3) is 0.0476. The van der Waals surface area contributed by atoms with Crippen LogP contribution in [0.25, 0.3) is 31.7 Å². The van der Waals surface area contributed by atoms with Crippen LogP contribution in [0.2, 0.25) is 0 Å². The maximum Gasteiger partial charge on any atom is 0.270 e. The number of hydrogen-bond donors (Lipinski definition) is 0. The van der Waals surface area contributed by atoms with Gasteiger partial charge in [-0.1, -0.05) is 42.5 Å². The molecule has 3 aromatic carbocycles. The number of nitro benzene ring substituents is 1. The lowest BCUT2D eigenvalue weighted by Gasteiger charge is -2.07. The van der Waals surface area contributed by atoms with Gasteiger partial charge in [-0.15, -0.1) is 11.3 Å². The number of non-ortho nitro benzene ring substituents is 1. The maximum atomic E-state index is 11.2. The van der Waals surface area contributed by atoms with Crippen LogP contribution in [-0.2, 0) is 0 Å². The van der Waals surface area contributed by atoms with E-state index in [0.717, 1.165) is 37.4 Å². The number of benzene rings is 3. The van der Waals surface area contributed by atoms with Crippen molar-refractivity contribution in [3.05, 3.63) is 82.9 Å². The molecule has 4 nitrogen and oxygen atoms in total. The van der Waals surface area contributed by atoms with Gasteiger partial charge in [0.05, 0.1) is 12.0 Å². The van der Waals surface area contributed by atoms with Crippen molar-refractivity contribution < 1.29 is 9.66 Å². The molecule has 4 rings (SSSR count). The number of rotatable bonds is 4. The molecule has 0 bridgehead atoms. The van der Waals surface area contributed by atoms with E-state index in [9.17, 15) is 10.1 Å². The molecule has 1 heterocycles. The summed E-state index contributed by atoms with van der Waals surface area (Å²) in [5.41, 5.74) is 3.23. The van der Waals surface area contributed by atoms with Crippen LogP contribution in [0.15, 0.2) is 72.8 Å². The van der Waals surface area contributed by atoms with E-state index in [4.69, 9.17) is 4.74 Å². The van der Waals surface area contributed by atoms with Gasteiger partial charge in [0.2, 0.25) is 0 Å². The van der Waals surface area contributed by atoms with E-state index in [1.54, 1.807) is 30.6 Å². The number of methoxy groups -OCH3 is 1. The average Bonchev–Trinajstić information content (AvgIpc) is 3.07. The summed E-state index contributed by atoms with van der Waals surface area (Å²) in [4.78, 5) is 12.0. The van der Waals surface area contributed by atoms with E-state index in [-0.39, 0.29) is 10.6 Å². The fourth-order valence-corrected chi connectivity index (χ4v) is 4.25. The zero-order valence-corrected chi connectivity index (χ0v) is 14.8. The van der Waals surface area contributed by atoms with Crippen molar-refractivity contribution in [3.8, 4) is 27.3 Å². The van der Waals surface area contributed by atoms with Gasteiger partial charge in [-0.2, -0.15) is 0 Å². The number of thiophene rings is 1. The van der Waals surface area contributed by atoms with Crippen LogP contribution < -0.4 is 4.74 Å². The Morgan fingerprint density at radius 2 is 1.65 bits per heavy atom. The number of ether oxygens (including phenoxy) is 1. The Kier molecular flexibility index (Phi) is 4.14. The van der Waals surface area contributed by atoms with Crippen LogP contribution in [-0.4, -0.2) is 12.0 Å². The van der Waals surface area contributed by atoms with Crippen LogP contribution in [0.3, 0.4) is 0 Å². The monoisotopic (exact) mass is 361 g/mol. The molecule has 128 valence electrons. The van der Waals surface area contributed by atoms with Gasteiger partial charge in [-0.05, 0) is 29.3 Å². The Bertz CT molecular complexity index is 1090. The van der Waals surface area contributed by atoms with Crippen LogP contribution in [0.5, 0.6) is 5.75 Å². The van der Waals surface area contributed by atoms with Gasteiger partial charge < -0.3 is 4.74 Å². The second-order valence-corrected chi connectivity index (χ2v) is 6.89. The predicted molar refractivity (Wildman–Crippen MR) is 106 cm³/mol. The normalized spacial score (nSPS) is 10.8. The zero-order valence-electron chi connectivity index (χ0n) is 14.0. The van der Waals surface area contributed by atoms with Crippen LogP contribution in [0.1, 0.15) is 0 Å². The Hall–Kier alpha value is -3.18. The quantitative estimate of drug-likeness (QED) is 0.323. The van der Waals surface area contributed by atoms with E-state index in [0.29, 0.717) is 0 Å². The third kappa shape index (κ3) is 2.82. The fourth-order valence-electron chi connectivity index (χ4n) is 3.04. The van der Waals surface area contributed by atoms with Crippen molar-refractivity contribution in [1.29, 1.82) is 0 Å². The molecule has 0 aliphatic carbocycles. The Morgan fingerprint density at radius 3 is 2.31 bits per heavy atom. The minimum Gasteiger partial charge on any atom is -0.497 e. The lowest BCUT2D eigenvalue weighted by Crippen LogP contribution is -1.87. The highest BCUT2D eigenvalue weighted by molar-refractivity contribution is 7.23. The van der Waals surface area contributed by atoms with Gasteiger partial charge in [0.15, 0.2) is 0 Å². The molecule has 0 saturated carbocycles. The lowest BCUT2D eigenvalue weighted by atomic mass is 9.98. The molecule has 0 radical (unpaired) electrons. The molecule has 0 aliphatic rings. The molecule has 0 saturated heterocycles. The standard InChI is InChI=1S/C21H15NO3S/c1-25-17-10-7-14(8-11-17)20-18-13-16(22(23)24)9-12-19(18)26-21(20)15-5-3-2-4-6-15/h2-13H,1H3. The Labute approximate surface area is 154 Å². The molecule has 0 N–H and O–H groups in total. The van der Waals surface area contributed by atoms with Crippen molar-refractivity contribution in [2.45, 2.75) is 0 Å². The van der Waals surface area contributed by atoms with E-state index in [2.05, 4.69) is 12.1 Å². The number of fused-ring (bicyclic) bond motifs is 1. The summed E-state index contributed by atoms with van der Waals surface area (Å²) in [7, 11) is 1.63. The first kappa shape index (κ1) is 16.3. The summed E-state index contributed by atoms with van der Waals surface area (Å²) in [5.74, 6) is 0.778. The smallest absolute Gasteiger partial charge is 0.270 e.